The van der Waals surface area contributed by atoms with E-state index >= 15 is 0 Å². The molecule has 0 N–H and O–H groups in total. The van der Waals surface area contributed by atoms with Crippen LogP contribution in [0.25, 0.3) is 0 Å². The van der Waals surface area contributed by atoms with E-state index in [1.165, 1.54) is 0 Å². The average Bonchev–Trinajstić information content (AvgIpc) is 3.17. The van der Waals surface area contributed by atoms with Gasteiger partial charge in [-0.2, -0.15) is 0 Å². The molecule has 1 aromatic rings. The van der Waals surface area contributed by atoms with E-state index in [0.717, 1.165) is 31.6 Å². The van der Waals surface area contributed by atoms with Crippen LogP contribution in [0.2, 0.25) is 0 Å². The molecule has 0 aliphatic carbocycles. The van der Waals surface area contributed by atoms with Gasteiger partial charge in [-0.25, -0.2) is 0 Å². The minimum Gasteiger partial charge on any atom is -0.492 e. The summed E-state index contributed by atoms with van der Waals surface area (Å²) in [5.74, 6) is 0.611. The number of hydrogen-bond acceptors (Lipinski definition) is 3. The molecular formula is C17H22N2O3. The van der Waals surface area contributed by atoms with Crippen molar-refractivity contribution in [3.8, 4) is 5.75 Å². The second-order valence-electron chi connectivity index (χ2n) is 5.84. The van der Waals surface area contributed by atoms with Crippen LogP contribution >= 0.6 is 0 Å². The normalized spacial score (nSPS) is 21.5. The molecule has 0 spiro atoms. The third kappa shape index (κ3) is 2.80. The second-order valence-corrected chi connectivity index (χ2v) is 5.84. The van der Waals surface area contributed by atoms with Crippen LogP contribution in [0, 0.1) is 5.92 Å². The van der Waals surface area contributed by atoms with Crippen LogP contribution in [0.4, 0.5) is 5.69 Å². The fraction of sp³-hybridized carbons (Fsp3) is 0.529. The van der Waals surface area contributed by atoms with Crippen molar-refractivity contribution in [2.45, 2.75) is 26.2 Å². The van der Waals surface area contributed by atoms with Gasteiger partial charge in [0, 0.05) is 26.1 Å². The highest BCUT2D eigenvalue weighted by atomic mass is 16.5. The molecule has 2 saturated heterocycles. The minimum absolute atomic E-state index is 0.00435. The molecule has 2 fully saturated rings. The standard InChI is InChI=1S/C17H22N2O3/c1-2-22-15-8-4-3-7-14(15)19-12-13(11-16(19)20)17(21)18-9-5-6-10-18/h3-4,7-8,13H,2,5-6,9-12H2,1H3. The summed E-state index contributed by atoms with van der Waals surface area (Å²) in [4.78, 5) is 28.5. The van der Waals surface area contributed by atoms with Gasteiger partial charge >= 0.3 is 0 Å². The van der Waals surface area contributed by atoms with Crippen LogP contribution in [0.5, 0.6) is 5.75 Å². The molecule has 2 aliphatic rings. The Balaban J connectivity index is 1.76. The van der Waals surface area contributed by atoms with Gasteiger partial charge in [-0.3, -0.25) is 9.59 Å². The van der Waals surface area contributed by atoms with Gasteiger partial charge in [-0.15, -0.1) is 0 Å². The van der Waals surface area contributed by atoms with E-state index in [2.05, 4.69) is 0 Å². The van der Waals surface area contributed by atoms with Crippen molar-refractivity contribution in [3.63, 3.8) is 0 Å². The van der Waals surface area contributed by atoms with Gasteiger partial charge in [-0.05, 0) is 31.9 Å². The number of likely N-dealkylation sites (tertiary alicyclic amines) is 1. The lowest BCUT2D eigenvalue weighted by Gasteiger charge is -2.22. The summed E-state index contributed by atoms with van der Waals surface area (Å²) >= 11 is 0. The van der Waals surface area contributed by atoms with E-state index in [1.807, 2.05) is 36.1 Å². The first-order chi connectivity index (χ1) is 10.7. The van der Waals surface area contributed by atoms with Crippen LogP contribution < -0.4 is 9.64 Å². The molecule has 0 radical (unpaired) electrons. The average molecular weight is 302 g/mol. The molecule has 3 rings (SSSR count). The number of nitrogens with zero attached hydrogens (tertiary/aromatic N) is 2. The Bertz CT molecular complexity index is 567. The number of rotatable bonds is 4. The van der Waals surface area contributed by atoms with Crippen LogP contribution in [-0.2, 0) is 9.59 Å². The number of hydrogen-bond donors (Lipinski definition) is 0. The number of para-hydroxylation sites is 2. The van der Waals surface area contributed by atoms with Crippen molar-refractivity contribution in [3.05, 3.63) is 24.3 Å². The molecule has 1 aromatic carbocycles. The molecule has 0 aromatic heterocycles. The van der Waals surface area contributed by atoms with Gasteiger partial charge in [0.2, 0.25) is 11.8 Å². The highest BCUT2D eigenvalue weighted by molar-refractivity contribution is 6.01. The Kier molecular flexibility index (Phi) is 4.32. The first-order valence-corrected chi connectivity index (χ1v) is 8.01. The summed E-state index contributed by atoms with van der Waals surface area (Å²) in [5, 5.41) is 0. The summed E-state index contributed by atoms with van der Waals surface area (Å²) in [7, 11) is 0. The fourth-order valence-electron chi connectivity index (χ4n) is 3.26. The highest BCUT2D eigenvalue weighted by Crippen LogP contribution is 2.33. The van der Waals surface area contributed by atoms with Gasteiger partial charge in [-0.1, -0.05) is 12.1 Å². The summed E-state index contributed by atoms with van der Waals surface area (Å²) < 4.78 is 5.60. The van der Waals surface area contributed by atoms with Crippen molar-refractivity contribution >= 4 is 17.5 Å². The first kappa shape index (κ1) is 14.9. The van der Waals surface area contributed by atoms with Crippen molar-refractivity contribution < 1.29 is 14.3 Å². The number of carbonyl (C=O) groups excluding carboxylic acids is 2. The maximum absolute atomic E-state index is 12.5. The molecule has 1 atom stereocenters. The van der Waals surface area contributed by atoms with Gasteiger partial charge in [0.15, 0.2) is 0 Å². The van der Waals surface area contributed by atoms with E-state index in [1.54, 1.807) is 4.90 Å². The predicted octanol–water partition coefficient (Wildman–Crippen LogP) is 2.06. The molecule has 2 amide bonds. The minimum atomic E-state index is -0.222. The number of anilines is 1. The third-order valence-electron chi connectivity index (χ3n) is 4.35. The molecule has 118 valence electrons. The lowest BCUT2D eigenvalue weighted by atomic mass is 10.1. The molecule has 5 nitrogen and oxygen atoms in total. The summed E-state index contributed by atoms with van der Waals surface area (Å²) in [6.07, 6.45) is 2.45. The van der Waals surface area contributed by atoms with E-state index < -0.39 is 0 Å². The van der Waals surface area contributed by atoms with E-state index in [9.17, 15) is 9.59 Å². The van der Waals surface area contributed by atoms with Crippen molar-refractivity contribution in [1.29, 1.82) is 0 Å². The molecule has 0 saturated carbocycles. The maximum atomic E-state index is 12.5. The van der Waals surface area contributed by atoms with Crippen LogP contribution in [0.3, 0.4) is 0 Å². The number of benzene rings is 1. The molecule has 2 aliphatic heterocycles. The lowest BCUT2D eigenvalue weighted by Crippen LogP contribution is -2.35. The Labute approximate surface area is 130 Å². The zero-order valence-electron chi connectivity index (χ0n) is 13.0. The number of ether oxygens (including phenoxy) is 1. The van der Waals surface area contributed by atoms with Crippen molar-refractivity contribution in [2.24, 2.45) is 5.92 Å². The Morgan fingerprint density at radius 1 is 1.27 bits per heavy atom. The van der Waals surface area contributed by atoms with Gasteiger partial charge in [0.05, 0.1) is 18.2 Å². The maximum Gasteiger partial charge on any atom is 0.228 e. The van der Waals surface area contributed by atoms with Crippen LogP contribution in [-0.4, -0.2) is 43.0 Å². The molecule has 2 heterocycles. The Morgan fingerprint density at radius 3 is 2.73 bits per heavy atom. The summed E-state index contributed by atoms with van der Waals surface area (Å²) in [6, 6.07) is 7.52. The quantitative estimate of drug-likeness (QED) is 0.855. The predicted molar refractivity (Wildman–Crippen MR) is 83.9 cm³/mol. The van der Waals surface area contributed by atoms with Gasteiger partial charge < -0.3 is 14.5 Å². The summed E-state index contributed by atoms with van der Waals surface area (Å²) in [5.41, 5.74) is 0.770. The third-order valence-corrected chi connectivity index (χ3v) is 4.35. The van der Waals surface area contributed by atoms with Gasteiger partial charge in [0.1, 0.15) is 5.75 Å². The van der Waals surface area contributed by atoms with Crippen molar-refractivity contribution in [1.82, 2.24) is 4.90 Å². The molecule has 5 heteroatoms. The zero-order chi connectivity index (χ0) is 15.5. The monoisotopic (exact) mass is 302 g/mol. The second kappa shape index (κ2) is 6.38. The summed E-state index contributed by atoms with van der Waals surface area (Å²) in [6.45, 7) is 4.59. The molecule has 22 heavy (non-hydrogen) atoms. The highest BCUT2D eigenvalue weighted by Gasteiger charge is 2.38. The van der Waals surface area contributed by atoms with Crippen LogP contribution in [0.15, 0.2) is 24.3 Å². The molecular weight excluding hydrogens is 280 g/mol. The number of carbonyl (C=O) groups is 2. The SMILES string of the molecule is CCOc1ccccc1N1CC(C(=O)N2CCCC2)CC1=O. The topological polar surface area (TPSA) is 49.9 Å². The Morgan fingerprint density at radius 2 is 2.00 bits per heavy atom. The lowest BCUT2D eigenvalue weighted by molar-refractivity contribution is -0.134. The molecule has 1 unspecified atom stereocenters. The van der Waals surface area contributed by atoms with E-state index in [4.69, 9.17) is 4.74 Å². The van der Waals surface area contributed by atoms with E-state index in [-0.39, 0.29) is 17.7 Å². The van der Waals surface area contributed by atoms with Crippen LogP contribution in [0.1, 0.15) is 26.2 Å². The fourth-order valence-corrected chi connectivity index (χ4v) is 3.26. The van der Waals surface area contributed by atoms with E-state index in [0.29, 0.717) is 25.3 Å². The number of amides is 2. The Hall–Kier alpha value is -2.04. The van der Waals surface area contributed by atoms with Crippen molar-refractivity contribution in [2.75, 3.05) is 31.1 Å². The molecule has 0 bridgehead atoms. The van der Waals surface area contributed by atoms with Gasteiger partial charge in [0.25, 0.3) is 0 Å². The smallest absolute Gasteiger partial charge is 0.228 e. The largest absolute Gasteiger partial charge is 0.492 e. The first-order valence-electron chi connectivity index (χ1n) is 8.01. The zero-order valence-corrected chi connectivity index (χ0v) is 13.0.